The van der Waals surface area contributed by atoms with Gasteiger partial charge in [0.05, 0.1) is 21.4 Å². The number of anilines is 1. The van der Waals surface area contributed by atoms with E-state index in [1.807, 2.05) is 0 Å². The van der Waals surface area contributed by atoms with Gasteiger partial charge in [0, 0.05) is 12.0 Å². The number of carbonyl (C=O) groups excluding carboxylic acids is 4. The van der Waals surface area contributed by atoms with E-state index < -0.39 is 45.2 Å². The van der Waals surface area contributed by atoms with Crippen molar-refractivity contribution in [2.75, 3.05) is 11.1 Å². The van der Waals surface area contributed by atoms with Crippen molar-refractivity contribution in [2.24, 2.45) is 0 Å². The Bertz CT molecular complexity index is 1530. The number of halogens is 1. The van der Waals surface area contributed by atoms with Crippen LogP contribution in [0, 0.1) is 0 Å². The summed E-state index contributed by atoms with van der Waals surface area (Å²) in [6.45, 7) is 4.90. The van der Waals surface area contributed by atoms with Crippen LogP contribution in [0.25, 0.3) is 0 Å². The van der Waals surface area contributed by atoms with Gasteiger partial charge < -0.3 is 14.6 Å². The number of benzene rings is 1. The Labute approximate surface area is 269 Å². The monoisotopic (exact) mass is 663 g/mol. The van der Waals surface area contributed by atoms with Crippen LogP contribution < -0.4 is 5.32 Å². The molecule has 1 atom stereocenters. The van der Waals surface area contributed by atoms with Crippen LogP contribution in [0.5, 0.6) is 0 Å². The number of ketones is 1. The zero-order chi connectivity index (χ0) is 32.8. The largest absolute Gasteiger partial charge is 0.433 e. The van der Waals surface area contributed by atoms with E-state index in [2.05, 4.69) is 17.4 Å². The van der Waals surface area contributed by atoms with Crippen molar-refractivity contribution in [3.05, 3.63) is 40.2 Å². The minimum absolute atomic E-state index is 0.00186. The van der Waals surface area contributed by atoms with Gasteiger partial charge in [0.15, 0.2) is 27.2 Å². The maximum absolute atomic E-state index is 13.7. The molecule has 1 fully saturated rings. The Morgan fingerprint density at radius 3 is 2.27 bits per heavy atom. The summed E-state index contributed by atoms with van der Waals surface area (Å²) in [6.07, 6.45) is 11.5. The molecule has 246 valence electrons. The van der Waals surface area contributed by atoms with E-state index in [1.165, 1.54) is 64.2 Å². The summed E-state index contributed by atoms with van der Waals surface area (Å²) in [5.41, 5.74) is -1.19. The molecule has 0 radical (unpaired) electrons. The zero-order valence-electron chi connectivity index (χ0n) is 26.2. The van der Waals surface area contributed by atoms with Crippen molar-refractivity contribution in [1.29, 1.82) is 0 Å². The van der Waals surface area contributed by atoms with E-state index >= 15 is 0 Å². The molecule has 1 N–H and O–H groups in total. The van der Waals surface area contributed by atoms with Crippen LogP contribution in [0.3, 0.4) is 0 Å². The van der Waals surface area contributed by atoms with E-state index in [1.54, 1.807) is 0 Å². The molecule has 2 aromatic rings. The second-order valence-corrected chi connectivity index (χ2v) is 14.8. The standard InChI is InChI=1S/C32H42ClN3O8S/c1-4-5-6-7-8-9-10-11-12-13-19-45(41,42)21-17-18-24(23(33)20-21)34-29(38)27(36-30(39)32(2,3)43-31(36)40)28(37)26-22-15-14-16-25(22)44-35-26/h17-18,20,27H,4-16,19H2,1-3H3,(H,34,38). The molecule has 1 aliphatic heterocycles. The molecule has 1 aromatic carbocycles. The molecule has 1 saturated heterocycles. The maximum Gasteiger partial charge on any atom is 0.418 e. The Balaban J connectivity index is 1.42. The molecule has 45 heavy (non-hydrogen) atoms. The minimum atomic E-state index is -3.63. The Morgan fingerprint density at radius 1 is 1.02 bits per heavy atom. The average molecular weight is 664 g/mol. The van der Waals surface area contributed by atoms with Gasteiger partial charge in [0.1, 0.15) is 5.76 Å². The maximum atomic E-state index is 13.7. The molecule has 0 saturated carbocycles. The van der Waals surface area contributed by atoms with Crippen LogP contribution in [0.1, 0.15) is 113 Å². The Morgan fingerprint density at radius 2 is 1.67 bits per heavy atom. The molecule has 0 bridgehead atoms. The summed E-state index contributed by atoms with van der Waals surface area (Å²) in [5.74, 6) is -2.33. The number of nitrogens with one attached hydrogen (secondary N) is 1. The molecule has 1 aliphatic carbocycles. The quantitative estimate of drug-likeness (QED) is 0.114. The summed E-state index contributed by atoms with van der Waals surface area (Å²) < 4.78 is 36.4. The first-order valence-corrected chi connectivity index (χ1v) is 17.8. The average Bonchev–Trinajstić information content (AvgIpc) is 3.65. The molecular weight excluding hydrogens is 622 g/mol. The predicted octanol–water partition coefficient (Wildman–Crippen LogP) is 6.46. The highest BCUT2D eigenvalue weighted by Gasteiger charge is 2.54. The fraction of sp³-hybridized carbons (Fsp3) is 0.594. The third-order valence-electron chi connectivity index (χ3n) is 8.29. The number of fused-ring (bicyclic) bond motifs is 1. The van der Waals surface area contributed by atoms with Gasteiger partial charge in [0.2, 0.25) is 5.78 Å². The third kappa shape index (κ3) is 8.13. The number of aromatic nitrogens is 1. The highest BCUT2D eigenvalue weighted by molar-refractivity contribution is 7.91. The molecule has 3 amide bonds. The topological polar surface area (TPSA) is 153 Å². The summed E-state index contributed by atoms with van der Waals surface area (Å²) in [5, 5.41) is 6.23. The van der Waals surface area contributed by atoms with Gasteiger partial charge in [-0.05, 0) is 51.3 Å². The second-order valence-electron chi connectivity index (χ2n) is 12.2. The number of imide groups is 1. The lowest BCUT2D eigenvalue weighted by Crippen LogP contribution is -2.53. The third-order valence-corrected chi connectivity index (χ3v) is 10.4. The number of unbranched alkanes of at least 4 members (excludes halogenated alkanes) is 9. The van der Waals surface area contributed by atoms with Crippen LogP contribution in [0.15, 0.2) is 27.6 Å². The van der Waals surface area contributed by atoms with Crippen LogP contribution in [-0.2, 0) is 37.0 Å². The van der Waals surface area contributed by atoms with Crippen molar-refractivity contribution in [2.45, 2.75) is 121 Å². The fourth-order valence-electron chi connectivity index (χ4n) is 5.70. The molecular formula is C32H42ClN3O8S. The number of rotatable bonds is 17. The highest BCUT2D eigenvalue weighted by Crippen LogP contribution is 2.32. The number of amides is 3. The molecule has 0 spiro atoms. The van der Waals surface area contributed by atoms with E-state index in [0.29, 0.717) is 35.5 Å². The van der Waals surface area contributed by atoms with Crippen molar-refractivity contribution in [3.63, 3.8) is 0 Å². The second kappa shape index (κ2) is 14.9. The number of Topliss-reactive ketones (excluding diaryl/α,β-unsaturated/α-hetero) is 1. The van der Waals surface area contributed by atoms with Crippen LogP contribution in [-0.4, -0.2) is 59.6 Å². The smallest absolute Gasteiger partial charge is 0.418 e. The van der Waals surface area contributed by atoms with Gasteiger partial charge >= 0.3 is 6.09 Å². The Hall–Kier alpha value is -3.25. The normalized spacial score (nSPS) is 16.5. The van der Waals surface area contributed by atoms with Crippen molar-refractivity contribution < 1.29 is 36.9 Å². The van der Waals surface area contributed by atoms with Crippen LogP contribution in [0.4, 0.5) is 10.5 Å². The molecule has 1 aromatic heterocycles. The van der Waals surface area contributed by atoms with Crippen LogP contribution >= 0.6 is 11.6 Å². The SMILES string of the molecule is CCCCCCCCCCCCS(=O)(=O)c1ccc(NC(=O)C(C(=O)c2noc3c2CCC3)N2C(=O)OC(C)(C)C2=O)c(Cl)c1. The van der Waals surface area contributed by atoms with E-state index in [0.717, 1.165) is 32.1 Å². The zero-order valence-corrected chi connectivity index (χ0v) is 27.7. The highest BCUT2D eigenvalue weighted by atomic mass is 35.5. The van der Waals surface area contributed by atoms with Gasteiger partial charge in [-0.15, -0.1) is 0 Å². The van der Waals surface area contributed by atoms with Crippen molar-refractivity contribution in [3.8, 4) is 0 Å². The summed E-state index contributed by atoms with van der Waals surface area (Å²) in [4.78, 5) is 53.6. The van der Waals surface area contributed by atoms with Gasteiger partial charge in [-0.3, -0.25) is 14.4 Å². The number of hydrogen-bond acceptors (Lipinski definition) is 9. The first kappa shape index (κ1) is 34.6. The molecule has 1 unspecified atom stereocenters. The van der Waals surface area contributed by atoms with Crippen molar-refractivity contribution in [1.82, 2.24) is 10.1 Å². The number of ether oxygens (including phenoxy) is 1. The lowest BCUT2D eigenvalue weighted by Gasteiger charge is -2.23. The van der Waals surface area contributed by atoms with Gasteiger partial charge in [0.25, 0.3) is 11.8 Å². The van der Waals surface area contributed by atoms with E-state index in [9.17, 15) is 27.6 Å². The molecule has 11 nitrogen and oxygen atoms in total. The molecule has 4 rings (SSSR count). The lowest BCUT2D eigenvalue weighted by atomic mass is 10.0. The van der Waals surface area contributed by atoms with Crippen LogP contribution in [0.2, 0.25) is 5.02 Å². The number of nitrogens with zero attached hydrogens (tertiary/aromatic N) is 2. The molecule has 13 heteroatoms. The van der Waals surface area contributed by atoms with Gasteiger partial charge in [-0.1, -0.05) is 81.5 Å². The fourth-order valence-corrected chi connectivity index (χ4v) is 7.38. The number of sulfone groups is 1. The lowest BCUT2D eigenvalue weighted by molar-refractivity contribution is -0.137. The minimum Gasteiger partial charge on any atom is -0.433 e. The summed E-state index contributed by atoms with van der Waals surface area (Å²) in [6, 6.07) is 1.92. The first-order valence-electron chi connectivity index (χ1n) is 15.8. The number of hydrogen-bond donors (Lipinski definition) is 1. The number of cyclic esters (lactones) is 1. The number of aryl methyl sites for hydroxylation is 1. The Kier molecular flexibility index (Phi) is 11.5. The van der Waals surface area contributed by atoms with E-state index in [4.69, 9.17) is 20.9 Å². The summed E-state index contributed by atoms with van der Waals surface area (Å²) >= 11 is 6.40. The predicted molar refractivity (Wildman–Crippen MR) is 168 cm³/mol. The van der Waals surface area contributed by atoms with Crippen molar-refractivity contribution >= 4 is 50.8 Å². The molecule has 2 aliphatic rings. The molecule has 2 heterocycles. The summed E-state index contributed by atoms with van der Waals surface area (Å²) in [7, 11) is -3.63. The van der Waals surface area contributed by atoms with Gasteiger partial charge in [-0.25, -0.2) is 18.1 Å². The first-order chi connectivity index (χ1) is 21.4. The van der Waals surface area contributed by atoms with E-state index in [-0.39, 0.29) is 27.1 Å². The number of carbonyl (C=O) groups is 4. The van der Waals surface area contributed by atoms with Gasteiger partial charge in [-0.2, -0.15) is 0 Å².